The first-order valence-corrected chi connectivity index (χ1v) is 11.6. The van der Waals surface area contributed by atoms with Gasteiger partial charge >= 0.3 is 0 Å². The molecular weight excluding hydrogens is 442 g/mol. The first-order chi connectivity index (χ1) is 14.6. The quantitative estimate of drug-likeness (QED) is 0.391. The van der Waals surface area contributed by atoms with Crippen LogP contribution >= 0.6 is 12.2 Å². The van der Waals surface area contributed by atoms with Gasteiger partial charge in [-0.15, -0.1) is 0 Å². The minimum atomic E-state index is -3.17. The van der Waals surface area contributed by atoms with Crippen LogP contribution in [0.15, 0.2) is 48.5 Å². The standard InChI is InChI=1S/C19H21N5O5S2/c1-31(28,29)23-11-9-22(10-12-23)16-7-5-15(6-8-16)20-19(30)21-18(25)14-3-2-4-17(13-14)24(26)27/h2-8,13H,9-12H2,1H3,(H2,20,21,25,30). The van der Waals surface area contributed by atoms with Gasteiger partial charge in [-0.2, -0.15) is 4.31 Å². The van der Waals surface area contributed by atoms with Gasteiger partial charge in [-0.3, -0.25) is 20.2 Å². The van der Waals surface area contributed by atoms with Gasteiger partial charge in [-0.1, -0.05) is 6.07 Å². The Kier molecular flexibility index (Phi) is 6.83. The molecule has 2 aromatic carbocycles. The van der Waals surface area contributed by atoms with Crippen LogP contribution in [0.5, 0.6) is 0 Å². The van der Waals surface area contributed by atoms with Gasteiger partial charge in [0.05, 0.1) is 11.2 Å². The normalized spacial score (nSPS) is 14.7. The number of rotatable bonds is 5. The van der Waals surface area contributed by atoms with Gasteiger partial charge in [0.1, 0.15) is 0 Å². The van der Waals surface area contributed by atoms with Gasteiger partial charge in [0.2, 0.25) is 10.0 Å². The van der Waals surface area contributed by atoms with Crippen LogP contribution in [0, 0.1) is 10.1 Å². The van der Waals surface area contributed by atoms with E-state index in [2.05, 4.69) is 15.5 Å². The van der Waals surface area contributed by atoms with Crippen molar-refractivity contribution in [1.29, 1.82) is 0 Å². The van der Waals surface area contributed by atoms with Crippen molar-refractivity contribution in [1.82, 2.24) is 9.62 Å². The fourth-order valence-electron chi connectivity index (χ4n) is 3.13. The zero-order valence-corrected chi connectivity index (χ0v) is 18.3. The summed E-state index contributed by atoms with van der Waals surface area (Å²) in [5.41, 5.74) is 1.55. The number of amides is 1. The first-order valence-electron chi connectivity index (χ1n) is 9.30. The highest BCUT2D eigenvalue weighted by atomic mass is 32.2. The summed E-state index contributed by atoms with van der Waals surface area (Å²) in [4.78, 5) is 24.6. The van der Waals surface area contributed by atoms with Crippen LogP contribution in [0.25, 0.3) is 0 Å². The van der Waals surface area contributed by atoms with Gasteiger partial charge in [-0.25, -0.2) is 8.42 Å². The number of nitrogens with one attached hydrogen (secondary N) is 2. The smallest absolute Gasteiger partial charge is 0.270 e. The number of nitro benzene ring substituents is 1. The lowest BCUT2D eigenvalue weighted by Crippen LogP contribution is -2.48. The lowest BCUT2D eigenvalue weighted by molar-refractivity contribution is -0.384. The maximum atomic E-state index is 12.3. The molecular formula is C19H21N5O5S2. The number of hydrogen-bond donors (Lipinski definition) is 2. The molecule has 0 saturated carbocycles. The monoisotopic (exact) mass is 463 g/mol. The number of carbonyl (C=O) groups is 1. The maximum Gasteiger partial charge on any atom is 0.270 e. The van der Waals surface area contributed by atoms with Crippen LogP contribution in [-0.4, -0.2) is 61.1 Å². The highest BCUT2D eigenvalue weighted by Gasteiger charge is 2.23. The third-order valence-electron chi connectivity index (χ3n) is 4.74. The second kappa shape index (κ2) is 9.37. The molecule has 0 spiro atoms. The molecule has 0 radical (unpaired) electrons. The van der Waals surface area contributed by atoms with E-state index in [0.29, 0.717) is 31.9 Å². The Morgan fingerprint density at radius 3 is 2.32 bits per heavy atom. The summed E-state index contributed by atoms with van der Waals surface area (Å²) in [5.74, 6) is -0.554. The lowest BCUT2D eigenvalue weighted by Gasteiger charge is -2.34. The van der Waals surface area contributed by atoms with Crippen molar-refractivity contribution in [2.75, 3.05) is 42.7 Å². The molecule has 0 bridgehead atoms. The van der Waals surface area contributed by atoms with Gasteiger partial charge in [0.15, 0.2) is 5.11 Å². The summed E-state index contributed by atoms with van der Waals surface area (Å²) < 4.78 is 24.7. The molecule has 2 aromatic rings. The van der Waals surface area contributed by atoms with E-state index in [1.807, 2.05) is 12.1 Å². The molecule has 3 rings (SSSR count). The number of carbonyl (C=O) groups excluding carboxylic acids is 1. The summed E-state index contributed by atoms with van der Waals surface area (Å²) in [6.45, 7) is 2.06. The van der Waals surface area contributed by atoms with Crippen molar-refractivity contribution in [3.05, 3.63) is 64.2 Å². The minimum absolute atomic E-state index is 0.0611. The fourth-order valence-corrected chi connectivity index (χ4v) is 4.17. The highest BCUT2D eigenvalue weighted by Crippen LogP contribution is 2.20. The summed E-state index contributed by atoms with van der Waals surface area (Å²) in [5, 5.41) is 16.3. The Labute approximate surface area is 185 Å². The number of hydrogen-bond acceptors (Lipinski definition) is 7. The predicted molar refractivity (Wildman–Crippen MR) is 122 cm³/mol. The Hall–Kier alpha value is -3.09. The van der Waals surface area contributed by atoms with Crippen LogP contribution in [0.1, 0.15) is 10.4 Å². The maximum absolute atomic E-state index is 12.3. The van der Waals surface area contributed by atoms with E-state index < -0.39 is 20.9 Å². The molecule has 1 fully saturated rings. The molecule has 1 amide bonds. The van der Waals surface area contributed by atoms with E-state index in [1.54, 1.807) is 12.1 Å². The number of nitrogens with zero attached hydrogens (tertiary/aromatic N) is 3. The van der Waals surface area contributed by atoms with Crippen molar-refractivity contribution in [3.63, 3.8) is 0 Å². The van der Waals surface area contributed by atoms with E-state index in [0.717, 1.165) is 5.69 Å². The lowest BCUT2D eigenvalue weighted by atomic mass is 10.2. The molecule has 1 aliphatic heterocycles. The summed E-state index contributed by atoms with van der Waals surface area (Å²) in [7, 11) is -3.17. The third-order valence-corrected chi connectivity index (χ3v) is 6.25. The number of sulfonamides is 1. The molecule has 1 heterocycles. The van der Waals surface area contributed by atoms with E-state index in [4.69, 9.17) is 12.2 Å². The number of nitro groups is 1. The number of thiocarbonyl (C=S) groups is 1. The van der Waals surface area contributed by atoms with Crippen LogP contribution in [0.4, 0.5) is 17.1 Å². The van der Waals surface area contributed by atoms with E-state index in [-0.39, 0.29) is 16.4 Å². The molecule has 12 heteroatoms. The zero-order valence-electron chi connectivity index (χ0n) is 16.6. The average Bonchev–Trinajstić information content (AvgIpc) is 2.73. The molecule has 2 N–H and O–H groups in total. The van der Waals surface area contributed by atoms with Crippen molar-refractivity contribution in [2.24, 2.45) is 0 Å². The number of piperazine rings is 1. The van der Waals surface area contributed by atoms with Crippen molar-refractivity contribution in [3.8, 4) is 0 Å². The first kappa shape index (κ1) is 22.6. The van der Waals surface area contributed by atoms with Crippen molar-refractivity contribution in [2.45, 2.75) is 0 Å². The van der Waals surface area contributed by atoms with E-state index in [9.17, 15) is 23.3 Å². The Morgan fingerprint density at radius 2 is 1.74 bits per heavy atom. The minimum Gasteiger partial charge on any atom is -0.369 e. The molecule has 1 aliphatic rings. The fraction of sp³-hybridized carbons (Fsp3) is 0.263. The van der Waals surface area contributed by atoms with Crippen LogP contribution in [0.2, 0.25) is 0 Å². The van der Waals surface area contributed by atoms with E-state index >= 15 is 0 Å². The van der Waals surface area contributed by atoms with Gasteiger partial charge in [0.25, 0.3) is 11.6 Å². The summed E-state index contributed by atoms with van der Waals surface area (Å²) in [6, 6.07) is 12.7. The summed E-state index contributed by atoms with van der Waals surface area (Å²) in [6.07, 6.45) is 1.21. The molecule has 0 atom stereocenters. The second-order valence-corrected chi connectivity index (χ2v) is 9.30. The molecule has 1 saturated heterocycles. The van der Waals surface area contributed by atoms with Crippen molar-refractivity contribution < 1.29 is 18.1 Å². The Balaban J connectivity index is 1.55. The average molecular weight is 464 g/mol. The number of benzene rings is 2. The number of non-ortho nitro benzene ring substituents is 1. The zero-order chi connectivity index (χ0) is 22.6. The van der Waals surface area contributed by atoms with Gasteiger partial charge in [0, 0.05) is 55.2 Å². The third kappa shape index (κ3) is 5.96. The SMILES string of the molecule is CS(=O)(=O)N1CCN(c2ccc(NC(=S)NC(=O)c3cccc([N+](=O)[O-])c3)cc2)CC1. The van der Waals surface area contributed by atoms with Crippen LogP contribution in [0.3, 0.4) is 0 Å². The molecule has 0 aliphatic carbocycles. The van der Waals surface area contributed by atoms with Crippen LogP contribution < -0.4 is 15.5 Å². The van der Waals surface area contributed by atoms with E-state index in [1.165, 1.54) is 34.8 Å². The summed E-state index contributed by atoms with van der Waals surface area (Å²) >= 11 is 5.15. The molecule has 31 heavy (non-hydrogen) atoms. The Bertz CT molecular complexity index is 1100. The van der Waals surface area contributed by atoms with Crippen LogP contribution in [-0.2, 0) is 10.0 Å². The largest absolute Gasteiger partial charge is 0.369 e. The second-order valence-electron chi connectivity index (χ2n) is 6.91. The van der Waals surface area contributed by atoms with Crippen molar-refractivity contribution >= 4 is 50.3 Å². The Morgan fingerprint density at radius 1 is 1.10 bits per heavy atom. The topological polar surface area (TPSA) is 125 Å². The van der Waals surface area contributed by atoms with Gasteiger partial charge < -0.3 is 10.2 Å². The molecule has 164 valence electrons. The number of anilines is 2. The molecule has 0 aromatic heterocycles. The highest BCUT2D eigenvalue weighted by molar-refractivity contribution is 7.88. The molecule has 10 nitrogen and oxygen atoms in total. The predicted octanol–water partition coefficient (Wildman–Crippen LogP) is 1.80. The molecule has 0 unspecified atom stereocenters. The van der Waals surface area contributed by atoms with Gasteiger partial charge in [-0.05, 0) is 42.5 Å².